The van der Waals surface area contributed by atoms with E-state index in [0.717, 1.165) is 17.2 Å². The number of fused-ring (bicyclic) bond motifs is 1. The molecule has 0 aliphatic heterocycles. The maximum absolute atomic E-state index is 10.7. The van der Waals surface area contributed by atoms with Crippen LogP contribution in [0.5, 0.6) is 5.75 Å². The van der Waals surface area contributed by atoms with E-state index in [1.807, 2.05) is 18.2 Å². The third-order valence-corrected chi connectivity index (χ3v) is 2.16. The Balaban J connectivity index is 2.39. The minimum absolute atomic E-state index is 0.201. The molecule has 4 heteroatoms. The van der Waals surface area contributed by atoms with Crippen LogP contribution in [0.25, 0.3) is 10.9 Å². The predicted molar refractivity (Wildman–Crippen MR) is 56.2 cm³/mol. The van der Waals surface area contributed by atoms with Gasteiger partial charge in [-0.05, 0) is 18.2 Å². The summed E-state index contributed by atoms with van der Waals surface area (Å²) in [6.45, 7) is 0.201. The lowest BCUT2D eigenvalue weighted by molar-refractivity contribution is 0.0512. The number of ether oxygens (including phenoxy) is 2. The van der Waals surface area contributed by atoms with Gasteiger partial charge in [-0.2, -0.15) is 0 Å². The smallest absolute Gasteiger partial charge is 0.188 e. The van der Waals surface area contributed by atoms with Crippen LogP contribution in [-0.2, 0) is 4.74 Å². The molecule has 0 radical (unpaired) electrons. The molecule has 0 aliphatic rings. The van der Waals surface area contributed by atoms with Crippen LogP contribution in [0.2, 0.25) is 0 Å². The van der Waals surface area contributed by atoms with E-state index in [4.69, 9.17) is 9.47 Å². The molecule has 0 saturated heterocycles. The molecule has 0 aliphatic carbocycles. The van der Waals surface area contributed by atoms with Gasteiger partial charge in [0.15, 0.2) is 13.1 Å². The van der Waals surface area contributed by atoms with Crippen LogP contribution in [-0.4, -0.2) is 25.2 Å². The number of aldehydes is 1. The summed E-state index contributed by atoms with van der Waals surface area (Å²) in [6.07, 6.45) is 2.50. The van der Waals surface area contributed by atoms with Crippen LogP contribution < -0.4 is 4.74 Å². The normalized spacial score (nSPS) is 10.5. The molecule has 0 saturated carbocycles. The lowest BCUT2D eigenvalue weighted by Crippen LogP contribution is -1.98. The second-order valence-electron chi connectivity index (χ2n) is 3.12. The summed E-state index contributed by atoms with van der Waals surface area (Å²) >= 11 is 0. The zero-order valence-electron chi connectivity index (χ0n) is 8.32. The first-order valence-corrected chi connectivity index (χ1v) is 4.53. The summed E-state index contributed by atoms with van der Waals surface area (Å²) in [5.74, 6) is 0.687. The first-order valence-electron chi connectivity index (χ1n) is 4.53. The molecule has 78 valence electrons. The van der Waals surface area contributed by atoms with E-state index < -0.39 is 0 Å². The number of hydrogen-bond donors (Lipinski definition) is 1. The fourth-order valence-electron chi connectivity index (χ4n) is 1.44. The molecule has 0 unspecified atom stereocenters. The zero-order valence-corrected chi connectivity index (χ0v) is 8.32. The van der Waals surface area contributed by atoms with E-state index in [9.17, 15) is 4.79 Å². The monoisotopic (exact) mass is 205 g/mol. The largest absolute Gasteiger partial charge is 0.468 e. The van der Waals surface area contributed by atoms with Gasteiger partial charge < -0.3 is 14.5 Å². The first kappa shape index (κ1) is 9.73. The molecule has 0 bridgehead atoms. The van der Waals surface area contributed by atoms with Gasteiger partial charge in [0.1, 0.15) is 5.75 Å². The van der Waals surface area contributed by atoms with Crippen molar-refractivity contribution in [2.75, 3.05) is 13.9 Å². The van der Waals surface area contributed by atoms with Crippen molar-refractivity contribution < 1.29 is 14.3 Å². The first-order chi connectivity index (χ1) is 7.35. The van der Waals surface area contributed by atoms with Gasteiger partial charge in [0.05, 0.1) is 0 Å². The van der Waals surface area contributed by atoms with Crippen molar-refractivity contribution in [2.24, 2.45) is 0 Å². The number of carbonyl (C=O) groups excluding carboxylic acids is 1. The van der Waals surface area contributed by atoms with Crippen molar-refractivity contribution >= 4 is 17.2 Å². The Morgan fingerprint density at radius 1 is 1.47 bits per heavy atom. The minimum atomic E-state index is 0.201. The minimum Gasteiger partial charge on any atom is -0.468 e. The fourth-order valence-corrected chi connectivity index (χ4v) is 1.44. The van der Waals surface area contributed by atoms with Crippen LogP contribution in [0.4, 0.5) is 0 Å². The topological polar surface area (TPSA) is 51.3 Å². The highest BCUT2D eigenvalue weighted by Crippen LogP contribution is 2.22. The zero-order chi connectivity index (χ0) is 10.7. The molecular weight excluding hydrogens is 194 g/mol. The average molecular weight is 205 g/mol. The summed E-state index contributed by atoms with van der Waals surface area (Å²) < 4.78 is 10.1. The summed E-state index contributed by atoms with van der Waals surface area (Å²) in [5, 5.41) is 0.860. The molecular formula is C11H11NO3. The van der Waals surface area contributed by atoms with Crippen molar-refractivity contribution in [2.45, 2.75) is 0 Å². The lowest BCUT2D eigenvalue weighted by atomic mass is 10.2. The third kappa shape index (κ3) is 1.85. The molecule has 0 spiro atoms. The van der Waals surface area contributed by atoms with Crippen molar-refractivity contribution in [1.82, 2.24) is 4.98 Å². The molecule has 1 aromatic heterocycles. The van der Waals surface area contributed by atoms with E-state index in [0.29, 0.717) is 11.3 Å². The maximum Gasteiger partial charge on any atom is 0.188 e. The SMILES string of the molecule is COCOc1ccc2[nH]cc(C=O)c2c1. The summed E-state index contributed by atoms with van der Waals surface area (Å²) in [6, 6.07) is 5.51. The quantitative estimate of drug-likeness (QED) is 0.613. The Labute approximate surface area is 86.8 Å². The number of carbonyl (C=O) groups is 1. The van der Waals surface area contributed by atoms with Gasteiger partial charge >= 0.3 is 0 Å². The van der Waals surface area contributed by atoms with Crippen molar-refractivity contribution in [3.05, 3.63) is 30.0 Å². The number of H-pyrrole nitrogens is 1. The van der Waals surface area contributed by atoms with Crippen molar-refractivity contribution in [1.29, 1.82) is 0 Å². The van der Waals surface area contributed by atoms with Gasteiger partial charge in [0.2, 0.25) is 0 Å². The van der Waals surface area contributed by atoms with Gasteiger partial charge in [-0.15, -0.1) is 0 Å². The second-order valence-corrected chi connectivity index (χ2v) is 3.12. The standard InChI is InChI=1S/C11H11NO3/c1-14-7-15-9-2-3-11-10(4-9)8(6-13)5-12-11/h2-6,12H,7H2,1H3. The van der Waals surface area contributed by atoms with Gasteiger partial charge in [-0.25, -0.2) is 0 Å². The number of methoxy groups -OCH3 is 1. The molecule has 1 N–H and O–H groups in total. The highest BCUT2D eigenvalue weighted by molar-refractivity contribution is 5.97. The summed E-state index contributed by atoms with van der Waals surface area (Å²) in [7, 11) is 1.56. The van der Waals surface area contributed by atoms with Gasteiger partial charge in [-0.1, -0.05) is 0 Å². The Kier molecular flexibility index (Phi) is 2.69. The van der Waals surface area contributed by atoms with E-state index in [1.54, 1.807) is 13.3 Å². The Bertz CT molecular complexity index is 476. The third-order valence-electron chi connectivity index (χ3n) is 2.16. The summed E-state index contributed by atoms with van der Waals surface area (Å²) in [4.78, 5) is 13.7. The van der Waals surface area contributed by atoms with Crippen LogP contribution >= 0.6 is 0 Å². The molecule has 0 fully saturated rings. The van der Waals surface area contributed by atoms with Crippen LogP contribution in [0, 0.1) is 0 Å². The number of benzene rings is 1. The molecule has 2 rings (SSSR count). The van der Waals surface area contributed by atoms with Gasteiger partial charge in [0.25, 0.3) is 0 Å². The van der Waals surface area contributed by atoms with Crippen LogP contribution in [0.1, 0.15) is 10.4 Å². The van der Waals surface area contributed by atoms with E-state index in [2.05, 4.69) is 4.98 Å². The highest BCUT2D eigenvalue weighted by Gasteiger charge is 2.03. The van der Waals surface area contributed by atoms with Crippen molar-refractivity contribution in [3.8, 4) is 5.75 Å². The maximum atomic E-state index is 10.7. The van der Waals surface area contributed by atoms with Crippen LogP contribution in [0.15, 0.2) is 24.4 Å². The Morgan fingerprint density at radius 2 is 2.33 bits per heavy atom. The average Bonchev–Trinajstić information content (AvgIpc) is 2.68. The number of aromatic nitrogens is 1. The van der Waals surface area contributed by atoms with Crippen LogP contribution in [0.3, 0.4) is 0 Å². The summed E-state index contributed by atoms with van der Waals surface area (Å²) in [5.41, 5.74) is 1.55. The molecule has 1 heterocycles. The van der Waals surface area contributed by atoms with Crippen molar-refractivity contribution in [3.63, 3.8) is 0 Å². The van der Waals surface area contributed by atoms with Gasteiger partial charge in [-0.3, -0.25) is 4.79 Å². The molecule has 0 amide bonds. The fraction of sp³-hybridized carbons (Fsp3) is 0.182. The number of nitrogens with one attached hydrogen (secondary N) is 1. The molecule has 4 nitrogen and oxygen atoms in total. The number of aromatic amines is 1. The van der Waals surface area contributed by atoms with Gasteiger partial charge in [0, 0.05) is 29.8 Å². The van der Waals surface area contributed by atoms with E-state index in [-0.39, 0.29) is 6.79 Å². The molecule has 15 heavy (non-hydrogen) atoms. The Hall–Kier alpha value is -1.81. The number of rotatable bonds is 4. The molecule has 2 aromatic rings. The van der Waals surface area contributed by atoms with E-state index in [1.165, 1.54) is 0 Å². The Morgan fingerprint density at radius 3 is 3.07 bits per heavy atom. The highest BCUT2D eigenvalue weighted by atomic mass is 16.7. The second kappa shape index (κ2) is 4.14. The lowest BCUT2D eigenvalue weighted by Gasteiger charge is -2.04. The van der Waals surface area contributed by atoms with E-state index >= 15 is 0 Å². The molecule has 0 atom stereocenters. The number of hydrogen-bond acceptors (Lipinski definition) is 3. The predicted octanol–water partition coefficient (Wildman–Crippen LogP) is 1.96. The molecule has 1 aromatic carbocycles.